The summed E-state index contributed by atoms with van der Waals surface area (Å²) in [6.07, 6.45) is 1.67. The first-order chi connectivity index (χ1) is 32.0. The van der Waals surface area contributed by atoms with Crippen molar-refractivity contribution in [3.8, 4) is 0 Å². The van der Waals surface area contributed by atoms with Crippen molar-refractivity contribution >= 4 is 107 Å². The number of benzene rings is 4. The first-order valence-electron chi connectivity index (χ1n) is 19.1. The number of aliphatic carboxylic acids is 2. The summed E-state index contributed by atoms with van der Waals surface area (Å²) >= 11 is 0. The molecule has 0 atom stereocenters. The van der Waals surface area contributed by atoms with E-state index in [2.05, 4.69) is 42.3 Å². The predicted molar refractivity (Wildman–Crippen MR) is 238 cm³/mol. The summed E-state index contributed by atoms with van der Waals surface area (Å²) in [4.78, 5) is 91.2. The summed E-state index contributed by atoms with van der Waals surface area (Å²) in [5, 5.41) is 28.2. The molecule has 0 unspecified atom stereocenters. The van der Waals surface area contributed by atoms with Gasteiger partial charge in [0.1, 0.15) is 31.7 Å². The van der Waals surface area contributed by atoms with Crippen molar-refractivity contribution in [1.82, 2.24) is 0 Å². The molecule has 29 heteroatoms. The van der Waals surface area contributed by atoms with E-state index in [-0.39, 0.29) is 129 Å². The van der Waals surface area contributed by atoms with E-state index in [0.717, 1.165) is 0 Å². The minimum absolute atomic E-state index is 0. The molecule has 23 nitrogen and oxygen atoms in total. The number of anilines is 6. The van der Waals surface area contributed by atoms with Crippen LogP contribution in [-0.2, 0) is 39.4 Å². The Morgan fingerprint density at radius 3 is 1.10 bits per heavy atom. The Labute approximate surface area is 497 Å². The van der Waals surface area contributed by atoms with E-state index in [4.69, 9.17) is 0 Å². The van der Waals surface area contributed by atoms with Crippen molar-refractivity contribution in [1.29, 1.82) is 0 Å². The minimum atomic E-state index is -5.21. The Hall–Kier alpha value is -4.91. The van der Waals surface area contributed by atoms with Crippen LogP contribution in [0.5, 0.6) is 0 Å². The van der Waals surface area contributed by atoms with Gasteiger partial charge in [-0.05, 0) is 122 Å². The van der Waals surface area contributed by atoms with Crippen LogP contribution in [0.25, 0.3) is 0 Å². The van der Waals surface area contributed by atoms with Crippen molar-refractivity contribution < 1.29 is 188 Å². The van der Waals surface area contributed by atoms with Crippen molar-refractivity contribution in [2.24, 2.45) is 9.98 Å². The van der Waals surface area contributed by atoms with E-state index in [1.54, 1.807) is 50.2 Å². The van der Waals surface area contributed by atoms with Crippen molar-refractivity contribution in [2.45, 2.75) is 13.8 Å². The molecule has 0 aliphatic heterocycles. The van der Waals surface area contributed by atoms with Crippen molar-refractivity contribution in [2.75, 3.05) is 32.3 Å². The summed E-state index contributed by atoms with van der Waals surface area (Å²) in [7, 11) is -10.4. The number of aliphatic imine (C=N–C) groups is 2. The van der Waals surface area contributed by atoms with Crippen molar-refractivity contribution in [3.05, 3.63) is 152 Å². The van der Waals surface area contributed by atoms with E-state index >= 15 is 0 Å². The van der Waals surface area contributed by atoms with Crippen LogP contribution < -0.4 is 161 Å². The summed E-state index contributed by atoms with van der Waals surface area (Å²) in [6, 6.07) is 20.5. The number of carbonyl (C=O) groups excluding carboxylic acids is 7. The van der Waals surface area contributed by atoms with Gasteiger partial charge >= 0.3 is 124 Å². The number of hydrazine groups is 2. The number of hydrogen-bond acceptors (Lipinski definition) is 19. The zero-order valence-corrected chi connectivity index (χ0v) is 48.4. The number of carbonyl (C=O) groups is 7. The fourth-order valence-electron chi connectivity index (χ4n) is 6.04. The quantitative estimate of drug-likeness (QED) is 0.0224. The molecule has 0 bridgehead atoms. The summed E-state index contributed by atoms with van der Waals surface area (Å²) in [5.74, 6) is -8.86. The van der Waals surface area contributed by atoms with Crippen LogP contribution in [0.2, 0.25) is 0 Å². The molecule has 6 N–H and O–H groups in total. The number of urea groups is 1. The molecule has 4 amide bonds. The number of nitrogens with zero attached hydrogens (tertiary/aromatic N) is 2. The second-order valence-corrected chi connectivity index (χ2v) is 16.9. The average Bonchev–Trinajstić information content (AvgIpc) is 3.27. The molecule has 0 heterocycles. The topological polar surface area (TPSA) is 377 Å². The maximum absolute atomic E-state index is 13.2. The van der Waals surface area contributed by atoms with Crippen LogP contribution in [-0.4, -0.2) is 78.7 Å². The predicted octanol–water partition coefficient (Wildman–Crippen LogP) is -10.6. The van der Waals surface area contributed by atoms with Crippen LogP contribution in [0, 0.1) is 13.8 Å². The number of ketones is 2. The first kappa shape index (κ1) is 63.2. The molecule has 0 saturated carbocycles. The molecule has 2 aliphatic rings. The zero-order valence-electron chi connectivity index (χ0n) is 38.7. The number of carboxylic acid groups (broad SMARTS) is 2. The molecule has 0 saturated heterocycles. The van der Waals surface area contributed by atoms with Gasteiger partial charge in [0.05, 0.1) is 44.5 Å². The SMILES string of the molecule is Cc1c(NNc2ccc(C(=O)N=C3C=C(S(=O)(=O)[O-])C=C(C(=O)[O-])C3=O)cc2)cccc1NC(=O)Nc1cccc(NNc2ccc(C(=O)N=C3C=C(S(=O)(=O)[O-])C=C(C(=O)[O-])C3=O)cc2)c1C.[Na+].[Na+].[Na+].[Na+]. The minimum Gasteiger partial charge on any atom is -0.744 e. The normalized spacial score (nSPS) is 14.2. The largest absolute Gasteiger partial charge is 1.00 e. The maximum Gasteiger partial charge on any atom is 1.00 e. The Bertz CT molecular complexity index is 3090. The molecule has 348 valence electrons. The molecule has 2 aliphatic carbocycles. The van der Waals surface area contributed by atoms with Crippen LogP contribution in [0.15, 0.2) is 140 Å². The molecule has 6 rings (SSSR count). The zero-order chi connectivity index (χ0) is 49.7. The molecule has 0 fully saturated rings. The molecule has 0 radical (unpaired) electrons. The van der Waals surface area contributed by atoms with Gasteiger partial charge in [0.2, 0.25) is 11.6 Å². The number of hydrogen-bond donors (Lipinski definition) is 6. The second-order valence-electron chi connectivity index (χ2n) is 14.1. The monoisotopic (exact) mass is 1050 g/mol. The van der Waals surface area contributed by atoms with Crippen molar-refractivity contribution in [3.63, 3.8) is 0 Å². The van der Waals surface area contributed by atoms with Gasteiger partial charge in [0.15, 0.2) is 0 Å². The van der Waals surface area contributed by atoms with Gasteiger partial charge in [-0.1, -0.05) is 12.1 Å². The van der Waals surface area contributed by atoms with Gasteiger partial charge in [-0.2, -0.15) is 0 Å². The van der Waals surface area contributed by atoms with E-state index in [1.807, 2.05) is 0 Å². The van der Waals surface area contributed by atoms with Crippen LogP contribution in [0.1, 0.15) is 31.8 Å². The Morgan fingerprint density at radius 2 is 0.792 bits per heavy atom. The molecule has 4 aromatic carbocycles. The third-order valence-corrected chi connectivity index (χ3v) is 11.3. The summed E-state index contributed by atoms with van der Waals surface area (Å²) < 4.78 is 68.8. The number of amides is 4. The van der Waals surface area contributed by atoms with E-state index in [9.17, 15) is 69.7 Å². The van der Waals surface area contributed by atoms with Gasteiger partial charge in [-0.25, -0.2) is 31.6 Å². The molecule has 0 spiro atoms. The maximum atomic E-state index is 13.2. The Morgan fingerprint density at radius 1 is 0.472 bits per heavy atom. The molecule has 72 heavy (non-hydrogen) atoms. The van der Waals surface area contributed by atoms with Gasteiger partial charge in [-0.3, -0.25) is 19.2 Å². The fraction of sp³-hybridized carbons (Fsp3) is 0.0465. The number of allylic oxidation sites excluding steroid dienone is 4. The average molecular weight is 1050 g/mol. The smallest absolute Gasteiger partial charge is 0.744 e. The Kier molecular flexibility index (Phi) is 23.6. The Balaban J connectivity index is 0.00000444. The van der Waals surface area contributed by atoms with Crippen LogP contribution in [0.4, 0.5) is 38.9 Å². The molecular formula is C43H30N8Na4O15S2. The summed E-state index contributed by atoms with van der Waals surface area (Å²) in [5.41, 5.74) is 11.6. The molecule has 4 aromatic rings. The number of rotatable bonds is 14. The fourth-order valence-corrected chi connectivity index (χ4v) is 7.08. The van der Waals surface area contributed by atoms with Gasteiger partial charge < -0.3 is 61.2 Å². The molecule has 0 aromatic heterocycles. The molecular weight excluding hydrogens is 1020 g/mol. The van der Waals surface area contributed by atoms with Crippen LogP contribution >= 0.6 is 0 Å². The number of carboxylic acids is 2. The van der Waals surface area contributed by atoms with E-state index < -0.39 is 94.0 Å². The van der Waals surface area contributed by atoms with Gasteiger partial charge in [0, 0.05) is 33.6 Å². The first-order valence-corrected chi connectivity index (χ1v) is 21.9. The second kappa shape index (κ2) is 26.9. The van der Waals surface area contributed by atoms with E-state index in [1.165, 1.54) is 48.5 Å². The third-order valence-electron chi connectivity index (χ3n) is 9.66. The standard InChI is InChI=1S/C43H34N8O15S2.4Na/c1-21-31(5-3-7-33(21)50-48-25-13-9-23(10-14-25)39(54)44-35-19-27(67(61,62)63)17-29(37(35)52)41(56)57)46-43(60)47-32-6-4-8-34(22(32)2)51-49-26-15-11-24(12-16-26)40(55)45-36-20-28(68(64,65)66)18-30(38(36)53)42(58)59;;;;/h3-20,48-51H,1-2H3,(H,56,57)(H,58,59)(H2,46,47,60)(H,61,62,63)(H,64,65,66);;;;/q;4*+1/p-4. The summed E-state index contributed by atoms with van der Waals surface area (Å²) in [6.45, 7) is 3.45. The van der Waals surface area contributed by atoms with E-state index in [0.29, 0.717) is 69.6 Å². The van der Waals surface area contributed by atoms with Crippen LogP contribution in [0.3, 0.4) is 0 Å². The third kappa shape index (κ3) is 16.0. The number of Topliss-reactive ketones (excluding diaryl/α,β-unsaturated/α-hetero) is 2. The number of nitrogens with one attached hydrogen (secondary N) is 6. The van der Waals surface area contributed by atoms with Gasteiger partial charge in [-0.15, -0.1) is 0 Å². The van der Waals surface area contributed by atoms with Gasteiger partial charge in [0.25, 0.3) is 11.8 Å².